The van der Waals surface area contributed by atoms with Crippen molar-refractivity contribution < 1.29 is 9.42 Å². The Morgan fingerprint density at radius 2 is 2.20 bits per heavy atom. The topological polar surface area (TPSA) is 78.0 Å². The van der Waals surface area contributed by atoms with Crippen LogP contribution in [0.15, 0.2) is 29.3 Å². The summed E-state index contributed by atoms with van der Waals surface area (Å²) < 4.78 is 13.4. The summed E-state index contributed by atoms with van der Waals surface area (Å²) in [6.07, 6.45) is 0.794. The highest BCUT2D eigenvalue weighted by atomic mass is 19.1. The predicted molar refractivity (Wildman–Crippen MR) is 48.4 cm³/mol. The lowest BCUT2D eigenvalue weighted by atomic mass is 10.2. The van der Waals surface area contributed by atoms with E-state index < -0.39 is 16.4 Å². The molecule has 76 valence electrons. The Morgan fingerprint density at radius 3 is 2.87 bits per heavy atom. The van der Waals surface area contributed by atoms with Crippen molar-refractivity contribution in [2.75, 3.05) is 0 Å². The zero-order valence-electron chi connectivity index (χ0n) is 7.25. The Balaban J connectivity index is 2.95. The second-order valence-electron chi connectivity index (χ2n) is 2.79. The van der Waals surface area contributed by atoms with Crippen LogP contribution in [0, 0.1) is 15.9 Å². The summed E-state index contributed by atoms with van der Waals surface area (Å²) in [4.78, 5) is 25.0. The van der Waals surface area contributed by atoms with Crippen molar-refractivity contribution in [3.63, 3.8) is 0 Å². The average molecular weight is 209 g/mol. The zero-order valence-corrected chi connectivity index (χ0v) is 7.25. The highest BCUT2D eigenvalue weighted by Gasteiger charge is 2.10. The van der Waals surface area contributed by atoms with Crippen LogP contribution < -0.4 is 5.56 Å². The molecule has 0 unspecified atom stereocenters. The van der Waals surface area contributed by atoms with E-state index in [4.69, 9.17) is 0 Å². The van der Waals surface area contributed by atoms with Crippen molar-refractivity contribution in [1.82, 2.24) is 9.66 Å². The van der Waals surface area contributed by atoms with E-state index in [0.29, 0.717) is 4.68 Å². The maximum absolute atomic E-state index is 12.8. The first kappa shape index (κ1) is 9.25. The molecule has 0 aliphatic rings. The molecule has 0 saturated heterocycles. The number of hydrogen-bond acceptors (Lipinski definition) is 4. The normalized spacial score (nSPS) is 10.5. The van der Waals surface area contributed by atoms with E-state index in [0.717, 1.165) is 24.5 Å². The number of rotatable bonds is 1. The average Bonchev–Trinajstić information content (AvgIpc) is 2.19. The Kier molecular flexibility index (Phi) is 1.93. The van der Waals surface area contributed by atoms with E-state index in [1.165, 1.54) is 0 Å². The molecule has 1 heterocycles. The van der Waals surface area contributed by atoms with Gasteiger partial charge in [0, 0.05) is 0 Å². The summed E-state index contributed by atoms with van der Waals surface area (Å²) in [5, 5.41) is 9.68. The van der Waals surface area contributed by atoms with Crippen molar-refractivity contribution in [2.24, 2.45) is 0 Å². The molecule has 0 amide bonds. The number of halogens is 1. The summed E-state index contributed by atoms with van der Waals surface area (Å²) >= 11 is 0. The number of aromatic nitrogens is 2. The van der Waals surface area contributed by atoms with E-state index in [9.17, 15) is 19.3 Å². The first-order valence-electron chi connectivity index (χ1n) is 3.91. The third kappa shape index (κ3) is 1.43. The third-order valence-corrected chi connectivity index (χ3v) is 1.90. The van der Waals surface area contributed by atoms with Crippen molar-refractivity contribution in [3.05, 3.63) is 50.8 Å². The van der Waals surface area contributed by atoms with Gasteiger partial charge in [0.15, 0.2) is 11.4 Å². The van der Waals surface area contributed by atoms with Crippen LogP contribution in [0.25, 0.3) is 10.9 Å². The van der Waals surface area contributed by atoms with E-state index in [1.54, 1.807) is 0 Å². The van der Waals surface area contributed by atoms with E-state index in [-0.39, 0.29) is 10.9 Å². The number of fused-ring (bicyclic) bond motifs is 1. The number of nitrogens with zero attached hydrogens (tertiary/aromatic N) is 3. The van der Waals surface area contributed by atoms with Crippen LogP contribution in [0.5, 0.6) is 0 Å². The van der Waals surface area contributed by atoms with Crippen LogP contribution in [-0.4, -0.2) is 14.7 Å². The lowest BCUT2D eigenvalue weighted by Gasteiger charge is -1.99. The third-order valence-electron chi connectivity index (χ3n) is 1.90. The summed E-state index contributed by atoms with van der Waals surface area (Å²) in [6, 6.07) is 3.13. The molecule has 15 heavy (non-hydrogen) atoms. The van der Waals surface area contributed by atoms with Crippen LogP contribution >= 0.6 is 0 Å². The first-order chi connectivity index (χ1) is 7.09. The summed E-state index contributed by atoms with van der Waals surface area (Å²) in [6.45, 7) is 0. The molecule has 7 heteroatoms. The largest absolute Gasteiger partial charge is 0.281 e. The van der Waals surface area contributed by atoms with Crippen LogP contribution in [0.1, 0.15) is 0 Å². The summed E-state index contributed by atoms with van der Waals surface area (Å²) in [7, 11) is 0. The highest BCUT2D eigenvalue weighted by Crippen LogP contribution is 2.10. The Bertz CT molecular complexity index is 608. The smallest absolute Gasteiger partial charge is 0.267 e. The molecule has 1 aromatic heterocycles. The van der Waals surface area contributed by atoms with E-state index >= 15 is 0 Å². The number of benzene rings is 1. The minimum Gasteiger partial charge on any atom is -0.267 e. The second-order valence-corrected chi connectivity index (χ2v) is 2.79. The van der Waals surface area contributed by atoms with Gasteiger partial charge in [0.1, 0.15) is 11.3 Å². The molecule has 0 N–H and O–H groups in total. The zero-order chi connectivity index (χ0) is 11.0. The van der Waals surface area contributed by atoms with Gasteiger partial charge in [0.05, 0.1) is 5.39 Å². The van der Waals surface area contributed by atoms with Gasteiger partial charge in [0.25, 0.3) is 5.56 Å². The predicted octanol–water partition coefficient (Wildman–Crippen LogP) is 0.575. The molecule has 0 aliphatic carbocycles. The van der Waals surface area contributed by atoms with Crippen molar-refractivity contribution in [2.45, 2.75) is 0 Å². The maximum Gasteiger partial charge on any atom is 0.281 e. The minimum absolute atomic E-state index is 0.0152. The minimum atomic E-state index is -0.743. The Morgan fingerprint density at radius 1 is 1.47 bits per heavy atom. The van der Waals surface area contributed by atoms with E-state index in [1.807, 2.05) is 0 Å². The lowest BCUT2D eigenvalue weighted by molar-refractivity contribution is -0.538. The molecular weight excluding hydrogens is 205 g/mol. The Hall–Kier alpha value is -2.31. The van der Waals surface area contributed by atoms with Gasteiger partial charge in [0.2, 0.25) is 0 Å². The number of nitro groups is 1. The van der Waals surface area contributed by atoms with Crippen molar-refractivity contribution in [1.29, 1.82) is 0 Å². The quantitative estimate of drug-likeness (QED) is 0.508. The monoisotopic (exact) mass is 209 g/mol. The summed E-state index contributed by atoms with van der Waals surface area (Å²) in [5.41, 5.74) is -0.677. The van der Waals surface area contributed by atoms with Gasteiger partial charge < -0.3 is 0 Å². The Labute approximate surface area is 81.7 Å². The molecule has 0 saturated carbocycles. The highest BCUT2D eigenvalue weighted by molar-refractivity contribution is 5.77. The van der Waals surface area contributed by atoms with Gasteiger partial charge in [-0.3, -0.25) is 4.79 Å². The van der Waals surface area contributed by atoms with Gasteiger partial charge >= 0.3 is 0 Å². The molecule has 0 bridgehead atoms. The summed E-state index contributed by atoms with van der Waals surface area (Å²) in [5.74, 6) is -0.637. The van der Waals surface area contributed by atoms with Crippen molar-refractivity contribution in [3.8, 4) is 0 Å². The van der Waals surface area contributed by atoms with Gasteiger partial charge in [-0.05, 0) is 18.2 Å². The molecule has 0 radical (unpaired) electrons. The maximum atomic E-state index is 12.8. The molecule has 0 aliphatic heterocycles. The van der Waals surface area contributed by atoms with Gasteiger partial charge in [-0.1, -0.05) is 4.68 Å². The van der Waals surface area contributed by atoms with Crippen LogP contribution in [-0.2, 0) is 0 Å². The molecule has 0 fully saturated rings. The van der Waals surface area contributed by atoms with Crippen molar-refractivity contribution >= 4 is 10.9 Å². The fourth-order valence-corrected chi connectivity index (χ4v) is 1.25. The molecule has 2 rings (SSSR count). The second kappa shape index (κ2) is 3.12. The van der Waals surface area contributed by atoms with E-state index in [2.05, 4.69) is 4.98 Å². The molecule has 1 aromatic carbocycles. The van der Waals surface area contributed by atoms with Gasteiger partial charge in [-0.25, -0.2) is 14.5 Å². The van der Waals surface area contributed by atoms with Gasteiger partial charge in [-0.15, -0.1) is 0 Å². The van der Waals surface area contributed by atoms with Crippen LogP contribution in [0.4, 0.5) is 4.39 Å². The van der Waals surface area contributed by atoms with Crippen LogP contribution in [0.2, 0.25) is 0 Å². The van der Waals surface area contributed by atoms with Gasteiger partial charge in [-0.2, -0.15) is 4.98 Å². The lowest BCUT2D eigenvalue weighted by Crippen LogP contribution is -2.17. The molecule has 6 nitrogen and oxygen atoms in total. The molecule has 0 atom stereocenters. The molecule has 0 spiro atoms. The fourth-order valence-electron chi connectivity index (χ4n) is 1.25. The number of hydrogen-bond donors (Lipinski definition) is 0. The van der Waals surface area contributed by atoms with Crippen LogP contribution in [0.3, 0.4) is 0 Å². The first-order valence-corrected chi connectivity index (χ1v) is 3.91. The SMILES string of the molecule is O=c1ncn([N+](=O)[O-])c2ccc(F)cc12. The molecule has 2 aromatic rings. The molecular formula is C8H4FN3O3. The standard InChI is InChI=1S/C8H4FN3O3/c9-5-1-2-7-6(3-5)8(13)10-4-11(7)12(14)15/h1-4H. The fraction of sp³-hybridized carbons (Fsp3) is 0.